The van der Waals surface area contributed by atoms with E-state index >= 15 is 0 Å². The van der Waals surface area contributed by atoms with Crippen molar-refractivity contribution in [3.63, 3.8) is 0 Å². The molecule has 0 heterocycles. The van der Waals surface area contributed by atoms with Crippen LogP contribution in [0.1, 0.15) is 80.1 Å². The molecule has 2 rings (SSSR count). The number of hydrogen-bond acceptors (Lipinski definition) is 8. The van der Waals surface area contributed by atoms with E-state index in [0.717, 1.165) is 24.3 Å². The van der Waals surface area contributed by atoms with Crippen molar-refractivity contribution in [1.82, 2.24) is 0 Å². The molecule has 0 aliphatic heterocycles. The Morgan fingerprint density at radius 2 is 0.762 bits per heavy atom. The normalized spacial score (nSPS) is 11.6. The number of nitrogens with two attached hydrogens (primary N) is 2. The lowest BCUT2D eigenvalue weighted by Crippen LogP contribution is -3.11. The molecule has 0 saturated carbocycles. The predicted molar refractivity (Wildman–Crippen MR) is 170 cm³/mol. The molecule has 42 heavy (non-hydrogen) atoms. The van der Waals surface area contributed by atoms with Crippen molar-refractivity contribution < 1.29 is 35.7 Å². The van der Waals surface area contributed by atoms with Gasteiger partial charge in [0.15, 0.2) is 0 Å². The van der Waals surface area contributed by atoms with Crippen molar-refractivity contribution in [3.05, 3.63) is 36.4 Å². The average molecular weight is 631 g/mol. The van der Waals surface area contributed by atoms with Gasteiger partial charge < -0.3 is 30.4 Å². The fraction of sp³-hybridized carbons (Fsp3) is 0.600. The van der Waals surface area contributed by atoms with Crippen molar-refractivity contribution in [1.29, 1.82) is 0 Å². The van der Waals surface area contributed by atoms with Crippen molar-refractivity contribution >= 4 is 31.6 Å². The first-order valence-electron chi connectivity index (χ1n) is 15.1. The van der Waals surface area contributed by atoms with Crippen LogP contribution in [-0.2, 0) is 20.2 Å². The highest BCUT2D eigenvalue weighted by atomic mass is 32.2. The number of quaternary nitrogens is 2. The van der Waals surface area contributed by atoms with Gasteiger partial charge in [-0.2, -0.15) is 0 Å². The van der Waals surface area contributed by atoms with Crippen molar-refractivity contribution in [2.24, 2.45) is 0 Å². The fourth-order valence-electron chi connectivity index (χ4n) is 4.81. The molecule has 0 atom stereocenters. The summed E-state index contributed by atoms with van der Waals surface area (Å²) in [5.41, 5.74) is 10.4. The highest BCUT2D eigenvalue weighted by molar-refractivity contribution is 7.86. The minimum atomic E-state index is -4.93. The molecule has 2 aromatic carbocycles. The number of nitrogen functional groups attached to an aromatic ring is 2. The highest BCUT2D eigenvalue weighted by Gasteiger charge is 2.17. The standard InChI is InChI=1S/C12H12N2O6S2.2C9H21N/c13-7-1-3-9(11(5-7)21(15,16)17)10-4-2-8(14)6-12(10)22(18,19)20;2*1-4-7-10(8-5-2)9-6-3/h1-6H,13-14H2,(H,15,16,17)(H,18,19,20);2*4-9H2,1-3H3. The lowest BCUT2D eigenvalue weighted by molar-refractivity contribution is -0.900. The van der Waals surface area contributed by atoms with E-state index in [1.807, 2.05) is 0 Å². The Balaban J connectivity index is 0.000000702. The second-order valence-corrected chi connectivity index (χ2v) is 13.1. The molecule has 6 N–H and O–H groups in total. The second-order valence-electron chi connectivity index (χ2n) is 10.4. The van der Waals surface area contributed by atoms with Crippen LogP contribution in [0.5, 0.6) is 0 Å². The maximum absolute atomic E-state index is 11.3. The molecule has 0 amide bonds. The number of benzene rings is 2. The summed E-state index contributed by atoms with van der Waals surface area (Å²) in [5, 5.41) is 0. The van der Waals surface area contributed by atoms with Crippen LogP contribution < -0.4 is 21.3 Å². The SMILES string of the molecule is CCC[NH+](CCC)CCC.CCC[NH+](CCC)CCC.Nc1ccc(-c2ccc(N)cc2S(=O)(=O)[O-])c(S(=O)(=O)[O-])c1. The lowest BCUT2D eigenvalue weighted by atomic mass is 10.0. The van der Waals surface area contributed by atoms with Crippen LogP contribution >= 0.6 is 0 Å². The third kappa shape index (κ3) is 15.3. The van der Waals surface area contributed by atoms with Gasteiger partial charge in [0.25, 0.3) is 0 Å². The van der Waals surface area contributed by atoms with Gasteiger partial charge in [0.1, 0.15) is 20.2 Å². The first-order valence-corrected chi connectivity index (χ1v) is 17.9. The molecule has 0 aliphatic rings. The number of hydrogen-bond donors (Lipinski definition) is 4. The number of rotatable bonds is 15. The van der Waals surface area contributed by atoms with Crippen LogP contribution in [0.15, 0.2) is 46.2 Å². The molecule has 0 aliphatic carbocycles. The van der Waals surface area contributed by atoms with Crippen LogP contribution in [0.25, 0.3) is 11.1 Å². The quantitative estimate of drug-likeness (QED) is 0.171. The summed E-state index contributed by atoms with van der Waals surface area (Å²) in [5.74, 6) is 0. The fourth-order valence-corrected chi connectivity index (χ4v) is 6.26. The molecule has 0 spiro atoms. The van der Waals surface area contributed by atoms with Crippen LogP contribution in [-0.4, -0.2) is 65.2 Å². The molecular formula is C30H54N4O6S2. The average Bonchev–Trinajstić information content (AvgIpc) is 2.90. The molecule has 0 bridgehead atoms. The topological polar surface area (TPSA) is 175 Å². The number of nitrogens with one attached hydrogen (secondary N) is 2. The molecule has 0 saturated heterocycles. The zero-order valence-electron chi connectivity index (χ0n) is 26.4. The van der Waals surface area contributed by atoms with E-state index in [-0.39, 0.29) is 22.5 Å². The van der Waals surface area contributed by atoms with Crippen LogP contribution in [0, 0.1) is 0 Å². The van der Waals surface area contributed by atoms with Gasteiger partial charge in [-0.3, -0.25) is 0 Å². The number of anilines is 2. The summed E-state index contributed by atoms with van der Waals surface area (Å²) >= 11 is 0. The molecule has 0 radical (unpaired) electrons. The van der Waals surface area contributed by atoms with Gasteiger partial charge in [-0.1, -0.05) is 53.7 Å². The summed E-state index contributed by atoms with van der Waals surface area (Å²) in [6.45, 7) is 21.8. The van der Waals surface area contributed by atoms with Gasteiger partial charge in [0, 0.05) is 22.5 Å². The summed E-state index contributed by atoms with van der Waals surface area (Å²) in [7, 11) is -9.87. The summed E-state index contributed by atoms with van der Waals surface area (Å²) in [6.07, 6.45) is 7.97. The molecule has 10 nitrogen and oxygen atoms in total. The molecule has 0 aromatic heterocycles. The summed E-state index contributed by atoms with van der Waals surface area (Å²) in [4.78, 5) is 2.13. The Kier molecular flexibility index (Phi) is 19.6. The van der Waals surface area contributed by atoms with Crippen molar-refractivity contribution in [2.75, 3.05) is 50.7 Å². The summed E-state index contributed by atoms with van der Waals surface area (Å²) in [6, 6.07) is 6.66. The third-order valence-corrected chi connectivity index (χ3v) is 8.21. The van der Waals surface area contributed by atoms with E-state index in [1.54, 1.807) is 9.80 Å². The zero-order valence-corrected chi connectivity index (χ0v) is 28.0. The van der Waals surface area contributed by atoms with Crippen LogP contribution in [0.3, 0.4) is 0 Å². The van der Waals surface area contributed by atoms with Crippen LogP contribution in [0.2, 0.25) is 0 Å². The van der Waals surface area contributed by atoms with E-state index in [1.165, 1.54) is 89.9 Å². The van der Waals surface area contributed by atoms with E-state index in [2.05, 4.69) is 41.5 Å². The maximum atomic E-state index is 11.3. The Morgan fingerprint density at radius 1 is 0.524 bits per heavy atom. The molecule has 0 unspecified atom stereocenters. The molecular weight excluding hydrogens is 576 g/mol. The Labute approximate surface area is 255 Å². The molecule has 242 valence electrons. The van der Waals surface area contributed by atoms with Gasteiger partial charge in [-0.25, -0.2) is 16.8 Å². The smallest absolute Gasteiger partial charge is 0.125 e. The van der Waals surface area contributed by atoms with E-state index in [4.69, 9.17) is 11.5 Å². The lowest BCUT2D eigenvalue weighted by Gasteiger charge is -2.18. The Morgan fingerprint density at radius 3 is 0.952 bits per heavy atom. The third-order valence-electron chi connectivity index (χ3n) is 6.46. The van der Waals surface area contributed by atoms with Gasteiger partial charge in [0.2, 0.25) is 0 Å². The molecule has 0 fully saturated rings. The van der Waals surface area contributed by atoms with E-state index < -0.39 is 30.0 Å². The minimum absolute atomic E-state index is 0.000139. The highest BCUT2D eigenvalue weighted by Crippen LogP contribution is 2.34. The van der Waals surface area contributed by atoms with Crippen molar-refractivity contribution in [3.8, 4) is 11.1 Å². The van der Waals surface area contributed by atoms with E-state index in [0.29, 0.717) is 0 Å². The van der Waals surface area contributed by atoms with Gasteiger partial charge in [-0.15, -0.1) is 0 Å². The van der Waals surface area contributed by atoms with Gasteiger partial charge in [-0.05, 0) is 62.8 Å². The van der Waals surface area contributed by atoms with Gasteiger partial charge >= 0.3 is 0 Å². The summed E-state index contributed by atoms with van der Waals surface area (Å²) < 4.78 is 68.1. The van der Waals surface area contributed by atoms with E-state index in [9.17, 15) is 25.9 Å². The first kappa shape index (κ1) is 39.8. The predicted octanol–water partition coefficient (Wildman–Crippen LogP) is 2.53. The Hall–Kier alpha value is -2.22. The second kappa shape index (κ2) is 20.6. The molecule has 2 aromatic rings. The minimum Gasteiger partial charge on any atom is -0.744 e. The Bertz CT molecular complexity index is 1130. The maximum Gasteiger partial charge on any atom is 0.125 e. The largest absolute Gasteiger partial charge is 0.744 e. The van der Waals surface area contributed by atoms with Crippen LogP contribution in [0.4, 0.5) is 11.4 Å². The molecule has 12 heteroatoms. The van der Waals surface area contributed by atoms with Gasteiger partial charge in [0.05, 0.1) is 49.1 Å². The zero-order chi connectivity index (χ0) is 32.3. The monoisotopic (exact) mass is 630 g/mol. The first-order chi connectivity index (χ1) is 19.7. The van der Waals surface area contributed by atoms with Crippen molar-refractivity contribution in [2.45, 2.75) is 89.9 Å².